The van der Waals surface area contributed by atoms with E-state index in [1.807, 2.05) is 36.4 Å². The molecule has 0 fully saturated rings. The van der Waals surface area contributed by atoms with Crippen molar-refractivity contribution in [2.45, 2.75) is 12.2 Å². The number of fused-ring (bicyclic) bond motifs is 1. The Morgan fingerprint density at radius 1 is 1.10 bits per heavy atom. The van der Waals surface area contributed by atoms with Crippen molar-refractivity contribution >= 4 is 37.6 Å². The lowest BCUT2D eigenvalue weighted by atomic mass is 9.94. The van der Waals surface area contributed by atoms with Gasteiger partial charge >= 0.3 is 0 Å². The highest BCUT2D eigenvalue weighted by Crippen LogP contribution is 2.41. The summed E-state index contributed by atoms with van der Waals surface area (Å²) in [4.78, 5) is 12.3. The van der Waals surface area contributed by atoms with E-state index >= 15 is 0 Å². The molecule has 1 N–H and O–H groups in total. The van der Waals surface area contributed by atoms with Gasteiger partial charge in [-0.2, -0.15) is 0 Å². The van der Waals surface area contributed by atoms with Crippen molar-refractivity contribution in [1.82, 2.24) is 0 Å². The van der Waals surface area contributed by atoms with Crippen LogP contribution in [0.25, 0.3) is 0 Å². The van der Waals surface area contributed by atoms with Crippen molar-refractivity contribution in [2.24, 2.45) is 0 Å². The molecule has 1 heterocycles. The Morgan fingerprint density at radius 3 is 2.50 bits per heavy atom. The monoisotopic (exact) mass is 396 g/mol. The van der Waals surface area contributed by atoms with Gasteiger partial charge in [-0.15, -0.1) is 0 Å². The van der Waals surface area contributed by atoms with Crippen LogP contribution >= 0.6 is 31.9 Å². The fourth-order valence-corrected chi connectivity index (χ4v) is 3.56. The molecule has 0 saturated carbocycles. The second-order valence-electron chi connectivity index (χ2n) is 4.52. The number of ether oxygens (including phenoxy) is 1. The van der Waals surface area contributed by atoms with Crippen molar-refractivity contribution in [3.63, 3.8) is 0 Å². The first-order valence-corrected chi connectivity index (χ1v) is 7.59. The standard InChI is InChI=1S/C15H10Br2O3/c16-9-6-10-12(18)13(19)14(8-4-2-1-3-5-8)20-15(10)11(17)7-9/h1-7,13-14,19H. The van der Waals surface area contributed by atoms with Crippen LogP contribution in [0.15, 0.2) is 51.4 Å². The van der Waals surface area contributed by atoms with Gasteiger partial charge in [-0.05, 0) is 33.6 Å². The summed E-state index contributed by atoms with van der Waals surface area (Å²) in [5.41, 5.74) is 1.15. The third-order valence-corrected chi connectivity index (χ3v) is 4.25. The number of rotatable bonds is 1. The van der Waals surface area contributed by atoms with Crippen LogP contribution in [-0.4, -0.2) is 17.0 Å². The first-order valence-electron chi connectivity index (χ1n) is 6.01. The summed E-state index contributed by atoms with van der Waals surface area (Å²) >= 11 is 6.72. The van der Waals surface area contributed by atoms with Crippen LogP contribution in [0, 0.1) is 0 Å². The molecule has 2 unspecified atom stereocenters. The smallest absolute Gasteiger partial charge is 0.199 e. The van der Waals surface area contributed by atoms with Crippen LogP contribution in [0.3, 0.4) is 0 Å². The highest BCUT2D eigenvalue weighted by atomic mass is 79.9. The topological polar surface area (TPSA) is 46.5 Å². The lowest BCUT2D eigenvalue weighted by molar-refractivity contribution is 0.0213. The molecule has 0 saturated heterocycles. The molecule has 102 valence electrons. The zero-order chi connectivity index (χ0) is 14.3. The molecule has 2 aromatic carbocycles. The van der Waals surface area contributed by atoms with Gasteiger partial charge in [0, 0.05) is 4.47 Å². The number of benzene rings is 2. The van der Waals surface area contributed by atoms with Crippen molar-refractivity contribution in [1.29, 1.82) is 0 Å². The van der Waals surface area contributed by atoms with Crippen LogP contribution in [0.5, 0.6) is 5.75 Å². The Labute approximate surface area is 132 Å². The van der Waals surface area contributed by atoms with Crippen molar-refractivity contribution in [3.05, 3.63) is 62.5 Å². The van der Waals surface area contributed by atoms with E-state index < -0.39 is 12.2 Å². The van der Waals surface area contributed by atoms with Crippen molar-refractivity contribution in [3.8, 4) is 5.75 Å². The molecule has 0 aliphatic carbocycles. The van der Waals surface area contributed by atoms with Gasteiger partial charge in [0.15, 0.2) is 18.0 Å². The van der Waals surface area contributed by atoms with E-state index in [4.69, 9.17) is 4.74 Å². The maximum Gasteiger partial charge on any atom is 0.199 e. The molecule has 20 heavy (non-hydrogen) atoms. The molecule has 1 aliphatic heterocycles. The fraction of sp³-hybridized carbons (Fsp3) is 0.133. The average Bonchev–Trinajstić information content (AvgIpc) is 2.44. The number of Topliss-reactive ketones (excluding diaryl/α,β-unsaturated/α-hetero) is 1. The van der Waals surface area contributed by atoms with Crippen molar-refractivity contribution in [2.75, 3.05) is 0 Å². The first-order chi connectivity index (χ1) is 9.58. The minimum atomic E-state index is -1.20. The Morgan fingerprint density at radius 2 is 1.80 bits per heavy atom. The van der Waals surface area contributed by atoms with Gasteiger partial charge in [-0.1, -0.05) is 46.3 Å². The van der Waals surface area contributed by atoms with Gasteiger partial charge in [0.05, 0.1) is 10.0 Å². The highest BCUT2D eigenvalue weighted by molar-refractivity contribution is 9.11. The van der Waals surface area contributed by atoms with Gasteiger partial charge in [0.25, 0.3) is 0 Å². The molecule has 2 atom stereocenters. The average molecular weight is 398 g/mol. The fourth-order valence-electron chi connectivity index (χ4n) is 2.24. The molecular weight excluding hydrogens is 388 g/mol. The SMILES string of the molecule is O=C1c2cc(Br)cc(Br)c2OC(c2ccccc2)C1O. The number of carbonyl (C=O) groups is 1. The number of carbonyl (C=O) groups excluding carboxylic acids is 1. The van der Waals surface area contributed by atoms with E-state index in [0.717, 1.165) is 10.0 Å². The molecule has 5 heteroatoms. The lowest BCUT2D eigenvalue weighted by Gasteiger charge is -2.30. The first kappa shape index (κ1) is 13.8. The van der Waals surface area contributed by atoms with Gasteiger partial charge in [0.2, 0.25) is 0 Å². The van der Waals surface area contributed by atoms with E-state index in [-0.39, 0.29) is 5.78 Å². The summed E-state index contributed by atoms with van der Waals surface area (Å²) in [6.45, 7) is 0. The zero-order valence-electron chi connectivity index (χ0n) is 10.2. The maximum absolute atomic E-state index is 12.3. The summed E-state index contributed by atoms with van der Waals surface area (Å²) in [5.74, 6) is 0.138. The van der Waals surface area contributed by atoms with E-state index in [9.17, 15) is 9.90 Å². The molecule has 3 rings (SSSR count). The molecule has 0 spiro atoms. The molecule has 0 amide bonds. The third kappa shape index (κ3) is 2.30. The molecule has 0 radical (unpaired) electrons. The van der Waals surface area contributed by atoms with Crippen LogP contribution in [0.2, 0.25) is 0 Å². The van der Waals surface area contributed by atoms with Gasteiger partial charge in [0.1, 0.15) is 5.75 Å². The largest absolute Gasteiger partial charge is 0.481 e. The number of aliphatic hydroxyl groups excluding tert-OH is 1. The van der Waals surface area contributed by atoms with E-state index in [1.165, 1.54) is 0 Å². The number of halogens is 2. The number of ketones is 1. The maximum atomic E-state index is 12.3. The summed E-state index contributed by atoms with van der Waals surface area (Å²) in [5, 5.41) is 10.2. The van der Waals surface area contributed by atoms with Crippen LogP contribution in [0.1, 0.15) is 22.0 Å². The van der Waals surface area contributed by atoms with Gasteiger partial charge in [-0.25, -0.2) is 0 Å². The minimum Gasteiger partial charge on any atom is -0.481 e. The molecule has 0 aromatic heterocycles. The predicted molar refractivity (Wildman–Crippen MR) is 82.0 cm³/mol. The van der Waals surface area contributed by atoms with Gasteiger partial charge < -0.3 is 9.84 Å². The molecule has 0 bridgehead atoms. The predicted octanol–water partition coefficient (Wildman–Crippen LogP) is 3.89. The Hall–Kier alpha value is -1.17. The summed E-state index contributed by atoms with van der Waals surface area (Å²) in [6, 6.07) is 12.7. The normalized spacial score (nSPS) is 21.2. The zero-order valence-corrected chi connectivity index (χ0v) is 13.4. The van der Waals surface area contributed by atoms with E-state index in [2.05, 4.69) is 31.9 Å². The van der Waals surface area contributed by atoms with Gasteiger partial charge in [-0.3, -0.25) is 4.79 Å². The number of hydrogen-bond acceptors (Lipinski definition) is 3. The van der Waals surface area contributed by atoms with Crippen LogP contribution < -0.4 is 4.74 Å². The van der Waals surface area contributed by atoms with Crippen LogP contribution in [0.4, 0.5) is 0 Å². The Balaban J connectivity index is 2.09. The quantitative estimate of drug-likeness (QED) is 0.793. The minimum absolute atomic E-state index is 0.331. The van der Waals surface area contributed by atoms with E-state index in [1.54, 1.807) is 6.07 Å². The molecule has 2 aromatic rings. The molecular formula is C15H10Br2O3. The third-order valence-electron chi connectivity index (χ3n) is 3.20. The Bertz CT molecular complexity index is 670. The highest BCUT2D eigenvalue weighted by Gasteiger charge is 2.37. The summed E-state index contributed by atoms with van der Waals surface area (Å²) in [7, 11) is 0. The second-order valence-corrected chi connectivity index (χ2v) is 6.29. The lowest BCUT2D eigenvalue weighted by Crippen LogP contribution is -2.36. The number of hydrogen-bond donors (Lipinski definition) is 1. The van der Waals surface area contributed by atoms with Crippen LogP contribution in [-0.2, 0) is 0 Å². The molecule has 1 aliphatic rings. The Kier molecular flexibility index (Phi) is 3.67. The molecule has 3 nitrogen and oxygen atoms in total. The van der Waals surface area contributed by atoms with E-state index in [0.29, 0.717) is 15.8 Å². The summed E-state index contributed by atoms with van der Waals surface area (Å²) in [6.07, 6.45) is -1.89. The second kappa shape index (κ2) is 5.31. The van der Waals surface area contributed by atoms with Crippen molar-refractivity contribution < 1.29 is 14.6 Å². The summed E-state index contributed by atoms with van der Waals surface area (Å²) < 4.78 is 7.29. The number of aliphatic hydroxyl groups is 1.